The van der Waals surface area contributed by atoms with Crippen molar-refractivity contribution in [1.29, 1.82) is 0 Å². The monoisotopic (exact) mass is 351 g/mol. The third kappa shape index (κ3) is 3.63. The molecule has 0 aromatic heterocycles. The number of hydrogen-bond acceptors (Lipinski definition) is 1. The molecule has 0 heterocycles. The number of carbonyl (C=O) groups excluding carboxylic acids is 1. The molecular weight excluding hydrogens is 336 g/mol. The van der Waals surface area contributed by atoms with Gasteiger partial charge in [-0.25, -0.2) is 0 Å². The van der Waals surface area contributed by atoms with Gasteiger partial charge in [0.1, 0.15) is 0 Å². The Morgan fingerprint density at radius 1 is 1.44 bits per heavy atom. The number of benzene rings is 1. The van der Waals surface area contributed by atoms with Crippen LogP contribution in [-0.2, 0) is 0 Å². The van der Waals surface area contributed by atoms with Crippen LogP contribution in [0, 0.1) is 5.92 Å². The van der Waals surface area contributed by atoms with E-state index in [0.29, 0.717) is 16.5 Å². The van der Waals surface area contributed by atoms with E-state index in [1.807, 2.05) is 12.1 Å². The molecule has 1 aromatic carbocycles. The van der Waals surface area contributed by atoms with Crippen LogP contribution in [0.25, 0.3) is 0 Å². The van der Waals surface area contributed by atoms with E-state index in [9.17, 15) is 4.79 Å². The van der Waals surface area contributed by atoms with E-state index in [1.54, 1.807) is 12.1 Å². The second-order valence-corrected chi connectivity index (χ2v) is 5.25. The van der Waals surface area contributed by atoms with Crippen molar-refractivity contribution < 1.29 is 4.79 Å². The zero-order valence-electron chi connectivity index (χ0n) is 9.34. The maximum absolute atomic E-state index is 11.9. The van der Waals surface area contributed by atoms with Gasteiger partial charge in [0.25, 0.3) is 5.91 Å². The standard InChI is InChI=1S/C12H15ClINO/c1-8(2)11(7-14)15-12(16)9-5-3-4-6-10(9)13/h3-6,8,11H,7H2,1-2H3,(H,15,16). The molecule has 4 heteroatoms. The van der Waals surface area contributed by atoms with Crippen LogP contribution in [-0.4, -0.2) is 16.4 Å². The van der Waals surface area contributed by atoms with Crippen molar-refractivity contribution in [2.75, 3.05) is 4.43 Å². The number of hydrogen-bond donors (Lipinski definition) is 1. The highest BCUT2D eigenvalue weighted by molar-refractivity contribution is 14.1. The molecule has 1 rings (SSSR count). The molecule has 0 spiro atoms. The Balaban J connectivity index is 2.76. The summed E-state index contributed by atoms with van der Waals surface area (Å²) in [7, 11) is 0. The second kappa shape index (κ2) is 6.45. The van der Waals surface area contributed by atoms with Crippen LogP contribution in [0.4, 0.5) is 0 Å². The smallest absolute Gasteiger partial charge is 0.253 e. The minimum atomic E-state index is -0.0963. The van der Waals surface area contributed by atoms with Crippen molar-refractivity contribution in [3.63, 3.8) is 0 Å². The first-order chi connectivity index (χ1) is 7.56. The average Bonchev–Trinajstić information content (AvgIpc) is 2.25. The van der Waals surface area contributed by atoms with Gasteiger partial charge in [0.05, 0.1) is 10.6 Å². The van der Waals surface area contributed by atoms with Crippen molar-refractivity contribution in [2.24, 2.45) is 5.92 Å². The van der Waals surface area contributed by atoms with Gasteiger partial charge in [0.2, 0.25) is 0 Å². The van der Waals surface area contributed by atoms with Crippen LogP contribution in [0.3, 0.4) is 0 Å². The lowest BCUT2D eigenvalue weighted by atomic mass is 10.1. The van der Waals surface area contributed by atoms with Crippen molar-refractivity contribution in [3.05, 3.63) is 34.9 Å². The molecular formula is C12H15ClINO. The van der Waals surface area contributed by atoms with Crippen LogP contribution in [0.15, 0.2) is 24.3 Å². The fourth-order valence-corrected chi connectivity index (χ4v) is 2.73. The molecule has 1 atom stereocenters. The third-order valence-corrected chi connectivity index (χ3v) is 3.68. The summed E-state index contributed by atoms with van der Waals surface area (Å²) in [4.78, 5) is 11.9. The zero-order valence-corrected chi connectivity index (χ0v) is 12.2. The first kappa shape index (κ1) is 13.8. The number of amides is 1. The van der Waals surface area contributed by atoms with Gasteiger partial charge in [-0.05, 0) is 18.1 Å². The van der Waals surface area contributed by atoms with Crippen LogP contribution >= 0.6 is 34.2 Å². The molecule has 16 heavy (non-hydrogen) atoms. The van der Waals surface area contributed by atoms with Gasteiger partial charge in [-0.15, -0.1) is 0 Å². The van der Waals surface area contributed by atoms with Gasteiger partial charge in [-0.1, -0.05) is 60.2 Å². The number of nitrogens with one attached hydrogen (secondary N) is 1. The van der Waals surface area contributed by atoms with Gasteiger partial charge in [-0.2, -0.15) is 0 Å². The molecule has 0 saturated carbocycles. The highest BCUT2D eigenvalue weighted by Crippen LogP contribution is 2.15. The van der Waals surface area contributed by atoms with Gasteiger partial charge in [0.15, 0.2) is 0 Å². The molecule has 0 aliphatic rings. The number of carbonyl (C=O) groups is 1. The maximum Gasteiger partial charge on any atom is 0.253 e. The minimum Gasteiger partial charge on any atom is -0.348 e. The molecule has 1 amide bonds. The summed E-state index contributed by atoms with van der Waals surface area (Å²) in [5, 5.41) is 3.49. The quantitative estimate of drug-likeness (QED) is 0.652. The lowest BCUT2D eigenvalue weighted by Gasteiger charge is -2.20. The molecule has 0 bridgehead atoms. The van der Waals surface area contributed by atoms with Crippen molar-refractivity contribution in [3.8, 4) is 0 Å². The van der Waals surface area contributed by atoms with Crippen LogP contribution in [0.5, 0.6) is 0 Å². The molecule has 1 unspecified atom stereocenters. The largest absolute Gasteiger partial charge is 0.348 e. The average molecular weight is 352 g/mol. The van der Waals surface area contributed by atoms with Gasteiger partial charge >= 0.3 is 0 Å². The molecule has 0 radical (unpaired) electrons. The topological polar surface area (TPSA) is 29.1 Å². The summed E-state index contributed by atoms with van der Waals surface area (Å²) in [5.41, 5.74) is 0.541. The fourth-order valence-electron chi connectivity index (χ4n) is 1.27. The van der Waals surface area contributed by atoms with E-state index in [2.05, 4.69) is 41.8 Å². The van der Waals surface area contributed by atoms with E-state index in [4.69, 9.17) is 11.6 Å². The molecule has 88 valence electrons. The highest BCUT2D eigenvalue weighted by Gasteiger charge is 2.17. The summed E-state index contributed by atoms with van der Waals surface area (Å²) in [5.74, 6) is 0.323. The Morgan fingerprint density at radius 3 is 2.56 bits per heavy atom. The normalized spacial score (nSPS) is 12.6. The fraction of sp³-hybridized carbons (Fsp3) is 0.417. The van der Waals surface area contributed by atoms with Crippen LogP contribution < -0.4 is 5.32 Å². The lowest BCUT2D eigenvalue weighted by Crippen LogP contribution is -2.39. The first-order valence-electron chi connectivity index (χ1n) is 5.17. The summed E-state index contributed by atoms with van der Waals surface area (Å²) in [6.45, 7) is 4.19. The number of alkyl halides is 1. The minimum absolute atomic E-state index is 0.0963. The summed E-state index contributed by atoms with van der Waals surface area (Å²) in [6.07, 6.45) is 0. The molecule has 0 saturated heterocycles. The molecule has 1 aromatic rings. The Labute approximate surface area is 115 Å². The SMILES string of the molecule is CC(C)C(CI)NC(=O)c1ccccc1Cl. The third-order valence-electron chi connectivity index (χ3n) is 2.41. The molecule has 0 fully saturated rings. The van der Waals surface area contributed by atoms with Gasteiger partial charge < -0.3 is 5.32 Å². The van der Waals surface area contributed by atoms with E-state index in [0.717, 1.165) is 4.43 Å². The molecule has 0 aliphatic carbocycles. The first-order valence-corrected chi connectivity index (χ1v) is 7.08. The van der Waals surface area contributed by atoms with Crippen LogP contribution in [0.1, 0.15) is 24.2 Å². The lowest BCUT2D eigenvalue weighted by molar-refractivity contribution is 0.0932. The van der Waals surface area contributed by atoms with E-state index in [1.165, 1.54) is 0 Å². The predicted octanol–water partition coefficient (Wildman–Crippen LogP) is 3.53. The van der Waals surface area contributed by atoms with E-state index >= 15 is 0 Å². The Kier molecular flexibility index (Phi) is 5.55. The molecule has 2 nitrogen and oxygen atoms in total. The van der Waals surface area contributed by atoms with Gasteiger partial charge in [-0.3, -0.25) is 4.79 Å². The summed E-state index contributed by atoms with van der Waals surface area (Å²) < 4.78 is 0.894. The van der Waals surface area contributed by atoms with Crippen molar-refractivity contribution in [2.45, 2.75) is 19.9 Å². The highest BCUT2D eigenvalue weighted by atomic mass is 127. The molecule has 1 N–H and O–H groups in total. The Bertz CT molecular complexity index is 368. The zero-order chi connectivity index (χ0) is 12.1. The molecule has 0 aliphatic heterocycles. The second-order valence-electron chi connectivity index (χ2n) is 3.96. The summed E-state index contributed by atoms with van der Waals surface area (Å²) in [6, 6.07) is 7.28. The Morgan fingerprint density at radius 2 is 2.06 bits per heavy atom. The van der Waals surface area contributed by atoms with E-state index in [-0.39, 0.29) is 11.9 Å². The number of rotatable bonds is 4. The predicted molar refractivity (Wildman–Crippen MR) is 76.4 cm³/mol. The van der Waals surface area contributed by atoms with Crippen molar-refractivity contribution in [1.82, 2.24) is 5.32 Å². The summed E-state index contributed by atoms with van der Waals surface area (Å²) >= 11 is 8.24. The maximum atomic E-state index is 11.9. The van der Waals surface area contributed by atoms with E-state index < -0.39 is 0 Å². The van der Waals surface area contributed by atoms with Crippen LogP contribution in [0.2, 0.25) is 5.02 Å². The van der Waals surface area contributed by atoms with Gasteiger partial charge in [0, 0.05) is 10.5 Å². The van der Waals surface area contributed by atoms with Crippen molar-refractivity contribution >= 4 is 40.1 Å². The number of halogens is 2. The Hall–Kier alpha value is -0.290.